The first-order valence-electron chi connectivity index (χ1n) is 7.48. The van der Waals surface area contributed by atoms with Gasteiger partial charge in [0, 0.05) is 17.5 Å². The molecule has 0 amide bonds. The fraction of sp³-hybridized carbons (Fsp3) is 0.176. The van der Waals surface area contributed by atoms with E-state index >= 15 is 0 Å². The molecule has 24 heavy (non-hydrogen) atoms. The number of rotatable bonds is 2. The average Bonchev–Trinajstić information content (AvgIpc) is 3.24. The first-order chi connectivity index (χ1) is 11.5. The number of nitrogens with one attached hydrogen (secondary N) is 1. The standard InChI is InChI=1S/C17H15ClN4OS/c1-9-4-5-10(2)21(9)13-6-7-24-16(13)12-8-14-19-11(3)15(18)17(23)22(14)20-12/h4-8,20H,1-3H3. The Morgan fingerprint density at radius 3 is 2.58 bits per heavy atom. The van der Waals surface area contributed by atoms with Gasteiger partial charge in [-0.2, -0.15) is 4.52 Å². The molecular weight excluding hydrogens is 344 g/mol. The van der Waals surface area contributed by atoms with Gasteiger partial charge < -0.3 is 4.57 Å². The zero-order valence-corrected chi connectivity index (χ0v) is 15.0. The maximum Gasteiger partial charge on any atom is 0.291 e. The van der Waals surface area contributed by atoms with Crippen molar-refractivity contribution in [2.75, 3.05) is 0 Å². The molecule has 5 nitrogen and oxygen atoms in total. The topological polar surface area (TPSA) is 55.1 Å². The second-order valence-electron chi connectivity index (χ2n) is 5.77. The third kappa shape index (κ3) is 2.14. The monoisotopic (exact) mass is 358 g/mol. The minimum Gasteiger partial charge on any atom is -0.317 e. The van der Waals surface area contributed by atoms with Crippen LogP contribution in [0.3, 0.4) is 0 Å². The van der Waals surface area contributed by atoms with Crippen LogP contribution in [0.1, 0.15) is 17.1 Å². The molecule has 4 aromatic heterocycles. The fourth-order valence-electron chi connectivity index (χ4n) is 2.96. The molecule has 0 aromatic carbocycles. The summed E-state index contributed by atoms with van der Waals surface area (Å²) in [4.78, 5) is 17.8. The summed E-state index contributed by atoms with van der Waals surface area (Å²) in [6.45, 7) is 5.89. The first kappa shape index (κ1) is 15.2. The smallest absolute Gasteiger partial charge is 0.291 e. The Labute approximate surface area is 147 Å². The molecule has 4 rings (SSSR count). The highest BCUT2D eigenvalue weighted by molar-refractivity contribution is 7.14. The van der Waals surface area contributed by atoms with Crippen molar-refractivity contribution in [1.82, 2.24) is 19.2 Å². The minimum atomic E-state index is -0.281. The van der Waals surface area contributed by atoms with Gasteiger partial charge in [0.2, 0.25) is 0 Å². The van der Waals surface area contributed by atoms with Crippen LogP contribution < -0.4 is 5.56 Å². The summed E-state index contributed by atoms with van der Waals surface area (Å²) in [7, 11) is 0. The van der Waals surface area contributed by atoms with Gasteiger partial charge in [-0.05, 0) is 44.4 Å². The Morgan fingerprint density at radius 2 is 1.88 bits per heavy atom. The number of aromatic amines is 1. The Morgan fingerprint density at radius 1 is 1.17 bits per heavy atom. The van der Waals surface area contributed by atoms with Crippen molar-refractivity contribution in [3.05, 3.63) is 62.1 Å². The number of fused-ring (bicyclic) bond motifs is 1. The summed E-state index contributed by atoms with van der Waals surface area (Å²) in [6, 6.07) is 8.16. The van der Waals surface area contributed by atoms with Crippen molar-refractivity contribution in [3.8, 4) is 16.3 Å². The molecule has 122 valence electrons. The van der Waals surface area contributed by atoms with Crippen molar-refractivity contribution < 1.29 is 0 Å². The van der Waals surface area contributed by atoms with Crippen molar-refractivity contribution >= 4 is 28.6 Å². The van der Waals surface area contributed by atoms with Crippen LogP contribution >= 0.6 is 22.9 Å². The number of aryl methyl sites for hydroxylation is 3. The van der Waals surface area contributed by atoms with E-state index in [-0.39, 0.29) is 10.6 Å². The van der Waals surface area contributed by atoms with Gasteiger partial charge in [0.1, 0.15) is 5.02 Å². The van der Waals surface area contributed by atoms with Crippen LogP contribution in [0, 0.1) is 20.8 Å². The lowest BCUT2D eigenvalue weighted by Crippen LogP contribution is -2.16. The fourth-order valence-corrected chi connectivity index (χ4v) is 3.93. The molecule has 0 atom stereocenters. The highest BCUT2D eigenvalue weighted by atomic mass is 35.5. The highest BCUT2D eigenvalue weighted by Gasteiger charge is 2.16. The molecule has 1 N–H and O–H groups in total. The molecule has 0 aliphatic heterocycles. The molecule has 4 heterocycles. The summed E-state index contributed by atoms with van der Waals surface area (Å²) >= 11 is 7.65. The average molecular weight is 359 g/mol. The highest BCUT2D eigenvalue weighted by Crippen LogP contribution is 2.33. The third-order valence-corrected chi connectivity index (χ3v) is 5.50. The molecule has 0 unspecified atom stereocenters. The molecule has 0 saturated heterocycles. The number of hydrogen-bond donors (Lipinski definition) is 1. The largest absolute Gasteiger partial charge is 0.317 e. The SMILES string of the molecule is Cc1nc2cc(-c3sccc3-n3c(C)ccc3C)[nH]n2c(=O)c1Cl. The van der Waals surface area contributed by atoms with Crippen LogP contribution in [0.4, 0.5) is 0 Å². The molecule has 0 saturated carbocycles. The van der Waals surface area contributed by atoms with E-state index in [0.717, 1.165) is 27.6 Å². The van der Waals surface area contributed by atoms with Crippen molar-refractivity contribution in [2.24, 2.45) is 0 Å². The number of hydrogen-bond acceptors (Lipinski definition) is 3. The summed E-state index contributed by atoms with van der Waals surface area (Å²) in [5.74, 6) is 0. The molecule has 4 aromatic rings. The summed E-state index contributed by atoms with van der Waals surface area (Å²) < 4.78 is 3.59. The van der Waals surface area contributed by atoms with Crippen LogP contribution in [0.2, 0.25) is 5.02 Å². The molecule has 0 aliphatic rings. The van der Waals surface area contributed by atoms with E-state index in [9.17, 15) is 4.79 Å². The summed E-state index contributed by atoms with van der Waals surface area (Å²) in [5.41, 5.74) is 5.08. The normalized spacial score (nSPS) is 11.5. The van der Waals surface area contributed by atoms with Crippen molar-refractivity contribution in [2.45, 2.75) is 20.8 Å². The van der Waals surface area contributed by atoms with Gasteiger partial charge >= 0.3 is 0 Å². The van der Waals surface area contributed by atoms with Crippen LogP contribution in [-0.2, 0) is 0 Å². The van der Waals surface area contributed by atoms with Gasteiger partial charge in [0.05, 0.1) is 22.0 Å². The lowest BCUT2D eigenvalue weighted by molar-refractivity contribution is 0.893. The van der Waals surface area contributed by atoms with E-state index < -0.39 is 0 Å². The number of nitrogens with zero attached hydrogens (tertiary/aromatic N) is 3. The predicted molar refractivity (Wildman–Crippen MR) is 97.7 cm³/mol. The van der Waals surface area contributed by atoms with Crippen LogP contribution in [0.15, 0.2) is 34.4 Å². The summed E-state index contributed by atoms with van der Waals surface area (Å²) in [5, 5.41) is 5.32. The van der Waals surface area contributed by atoms with E-state index in [2.05, 4.69) is 46.7 Å². The lowest BCUT2D eigenvalue weighted by atomic mass is 10.3. The second kappa shape index (κ2) is 5.36. The maximum atomic E-state index is 12.3. The van der Waals surface area contributed by atoms with E-state index in [4.69, 9.17) is 11.6 Å². The van der Waals surface area contributed by atoms with Gasteiger partial charge in [-0.3, -0.25) is 9.89 Å². The number of H-pyrrole nitrogens is 1. The molecule has 0 bridgehead atoms. The van der Waals surface area contributed by atoms with Gasteiger partial charge in [-0.15, -0.1) is 11.3 Å². The summed E-state index contributed by atoms with van der Waals surface area (Å²) in [6.07, 6.45) is 0. The molecular formula is C17H15ClN4OS. The van der Waals surface area contributed by atoms with Crippen LogP contribution in [-0.4, -0.2) is 19.2 Å². The van der Waals surface area contributed by atoms with E-state index in [1.165, 1.54) is 4.52 Å². The van der Waals surface area contributed by atoms with Crippen LogP contribution in [0.5, 0.6) is 0 Å². The van der Waals surface area contributed by atoms with Gasteiger partial charge in [0.25, 0.3) is 5.56 Å². The molecule has 0 fully saturated rings. The van der Waals surface area contributed by atoms with Crippen molar-refractivity contribution in [1.29, 1.82) is 0 Å². The number of thiophene rings is 1. The van der Waals surface area contributed by atoms with Gasteiger partial charge in [0.15, 0.2) is 5.65 Å². The van der Waals surface area contributed by atoms with Gasteiger partial charge in [-0.1, -0.05) is 11.6 Å². The van der Waals surface area contributed by atoms with E-state index in [0.29, 0.717) is 11.3 Å². The van der Waals surface area contributed by atoms with E-state index in [1.807, 2.05) is 11.4 Å². The third-order valence-electron chi connectivity index (χ3n) is 4.13. The Bertz CT molecular complexity index is 1110. The zero-order chi connectivity index (χ0) is 17.0. The van der Waals surface area contributed by atoms with E-state index in [1.54, 1.807) is 18.3 Å². The van der Waals surface area contributed by atoms with Gasteiger partial charge in [-0.25, -0.2) is 4.98 Å². The molecule has 0 spiro atoms. The van der Waals surface area contributed by atoms with Crippen LogP contribution in [0.25, 0.3) is 21.9 Å². The minimum absolute atomic E-state index is 0.143. The second-order valence-corrected chi connectivity index (χ2v) is 7.06. The first-order valence-corrected chi connectivity index (χ1v) is 8.74. The number of aromatic nitrogens is 4. The number of halogens is 1. The lowest BCUT2D eigenvalue weighted by Gasteiger charge is -2.09. The molecule has 0 aliphatic carbocycles. The maximum absolute atomic E-state index is 12.3. The predicted octanol–water partition coefficient (Wildman–Crippen LogP) is 4.12. The Hall–Kier alpha value is -2.31. The quantitative estimate of drug-likeness (QED) is 0.586. The zero-order valence-electron chi connectivity index (χ0n) is 13.4. The Kier molecular flexibility index (Phi) is 3.40. The van der Waals surface area contributed by atoms with Crippen molar-refractivity contribution in [3.63, 3.8) is 0 Å². The molecule has 0 radical (unpaired) electrons. The molecule has 7 heteroatoms. The Balaban J connectivity index is 1.96.